The molecule has 1 atom stereocenters. The van der Waals surface area contributed by atoms with E-state index in [1.807, 2.05) is 55.5 Å². The normalized spacial score (nSPS) is 18.6. The van der Waals surface area contributed by atoms with Crippen molar-refractivity contribution in [2.75, 3.05) is 17.7 Å². The lowest BCUT2D eigenvalue weighted by atomic mass is 9.73. The number of carbonyl (C=O) groups excluding carboxylic acids is 2. The molecule has 1 aliphatic heterocycles. The summed E-state index contributed by atoms with van der Waals surface area (Å²) in [5.41, 5.74) is 4.57. The minimum absolute atomic E-state index is 0.103. The van der Waals surface area contributed by atoms with Crippen molar-refractivity contribution in [3.63, 3.8) is 0 Å². The van der Waals surface area contributed by atoms with E-state index in [1.165, 1.54) is 0 Å². The van der Waals surface area contributed by atoms with Crippen LogP contribution in [0.1, 0.15) is 54.2 Å². The first-order valence-corrected chi connectivity index (χ1v) is 11.4. The van der Waals surface area contributed by atoms with Gasteiger partial charge in [-0.15, -0.1) is 0 Å². The Morgan fingerprint density at radius 2 is 1.82 bits per heavy atom. The van der Waals surface area contributed by atoms with Crippen molar-refractivity contribution < 1.29 is 14.3 Å². The van der Waals surface area contributed by atoms with Crippen molar-refractivity contribution in [2.45, 2.75) is 39.7 Å². The number of Topliss-reactive ketones (excluding diaryl/α,β-unsaturated/α-hetero) is 1. The average Bonchev–Trinajstić information content (AvgIpc) is 3.24. The van der Waals surface area contributed by atoms with E-state index in [0.29, 0.717) is 35.5 Å². The zero-order chi connectivity index (χ0) is 24.0. The largest absolute Gasteiger partial charge is 0.497 e. The SMILES string of the molecule is COc1ccc(C2Nc3c(C(=O)Nc4ccc(C)cc4)cnn3C3=C2C(=O)CC(C)(C)C3)cc1. The second-order valence-electron chi connectivity index (χ2n) is 9.79. The van der Waals surface area contributed by atoms with Crippen LogP contribution in [-0.2, 0) is 4.79 Å². The molecule has 174 valence electrons. The maximum Gasteiger partial charge on any atom is 0.261 e. The number of hydrogen-bond acceptors (Lipinski definition) is 5. The van der Waals surface area contributed by atoms with Crippen LogP contribution in [0, 0.1) is 12.3 Å². The van der Waals surface area contributed by atoms with Gasteiger partial charge in [-0.05, 0) is 48.6 Å². The zero-order valence-electron chi connectivity index (χ0n) is 19.8. The number of rotatable bonds is 4. The molecule has 34 heavy (non-hydrogen) atoms. The van der Waals surface area contributed by atoms with Crippen LogP contribution in [0.3, 0.4) is 0 Å². The second-order valence-corrected chi connectivity index (χ2v) is 9.79. The Morgan fingerprint density at radius 3 is 2.50 bits per heavy atom. The van der Waals surface area contributed by atoms with Gasteiger partial charge in [0.1, 0.15) is 17.1 Å². The number of carbonyl (C=O) groups is 2. The van der Waals surface area contributed by atoms with E-state index in [0.717, 1.165) is 22.6 Å². The number of aromatic nitrogens is 2. The second kappa shape index (κ2) is 8.17. The topological polar surface area (TPSA) is 85.2 Å². The summed E-state index contributed by atoms with van der Waals surface area (Å²) in [4.78, 5) is 26.5. The fourth-order valence-corrected chi connectivity index (χ4v) is 4.77. The lowest BCUT2D eigenvalue weighted by Gasteiger charge is -2.39. The number of aryl methyl sites for hydroxylation is 1. The first-order chi connectivity index (χ1) is 16.3. The molecule has 5 rings (SSSR count). The summed E-state index contributed by atoms with van der Waals surface area (Å²) in [5, 5.41) is 10.9. The predicted molar refractivity (Wildman–Crippen MR) is 132 cm³/mol. The third-order valence-corrected chi connectivity index (χ3v) is 6.49. The van der Waals surface area contributed by atoms with Gasteiger partial charge in [0.2, 0.25) is 0 Å². The number of amides is 1. The van der Waals surface area contributed by atoms with Gasteiger partial charge < -0.3 is 15.4 Å². The van der Waals surface area contributed by atoms with Gasteiger partial charge in [-0.25, -0.2) is 4.68 Å². The summed E-state index contributed by atoms with van der Waals surface area (Å²) in [6, 6.07) is 14.9. The fourth-order valence-electron chi connectivity index (χ4n) is 4.77. The number of ether oxygens (including phenoxy) is 1. The summed E-state index contributed by atoms with van der Waals surface area (Å²) in [5.74, 6) is 1.19. The molecule has 0 saturated carbocycles. The average molecular weight is 457 g/mol. The van der Waals surface area contributed by atoms with Gasteiger partial charge in [0.25, 0.3) is 5.91 Å². The van der Waals surface area contributed by atoms with Crippen LogP contribution in [0.2, 0.25) is 0 Å². The van der Waals surface area contributed by atoms with Crippen molar-refractivity contribution in [1.82, 2.24) is 9.78 Å². The summed E-state index contributed by atoms with van der Waals surface area (Å²) in [6.07, 6.45) is 2.73. The van der Waals surface area contributed by atoms with Crippen molar-refractivity contribution >= 4 is 28.9 Å². The van der Waals surface area contributed by atoms with Crippen molar-refractivity contribution in [3.05, 3.63) is 77.0 Å². The van der Waals surface area contributed by atoms with Gasteiger partial charge >= 0.3 is 0 Å². The van der Waals surface area contributed by atoms with Gasteiger partial charge in [-0.1, -0.05) is 43.7 Å². The zero-order valence-corrected chi connectivity index (χ0v) is 19.8. The molecule has 2 heterocycles. The van der Waals surface area contributed by atoms with Crippen LogP contribution in [0.25, 0.3) is 5.70 Å². The van der Waals surface area contributed by atoms with Crippen molar-refractivity contribution in [2.24, 2.45) is 5.41 Å². The number of methoxy groups -OCH3 is 1. The minimum atomic E-state index is -0.375. The number of allylic oxidation sites excluding steroid dienone is 1. The molecule has 1 amide bonds. The van der Waals surface area contributed by atoms with Crippen molar-refractivity contribution in [3.8, 4) is 5.75 Å². The van der Waals surface area contributed by atoms with Crippen LogP contribution >= 0.6 is 0 Å². The lowest BCUT2D eigenvalue weighted by molar-refractivity contribution is -0.118. The molecule has 7 nitrogen and oxygen atoms in total. The van der Waals surface area contributed by atoms with E-state index in [-0.39, 0.29) is 23.1 Å². The lowest BCUT2D eigenvalue weighted by Crippen LogP contribution is -2.36. The summed E-state index contributed by atoms with van der Waals surface area (Å²) >= 11 is 0. The van der Waals surface area contributed by atoms with Crippen LogP contribution in [-0.4, -0.2) is 28.6 Å². The van der Waals surface area contributed by atoms with Crippen LogP contribution < -0.4 is 15.4 Å². The Balaban J connectivity index is 1.57. The van der Waals surface area contributed by atoms with Gasteiger partial charge in [-0.2, -0.15) is 5.10 Å². The smallest absolute Gasteiger partial charge is 0.261 e. The highest BCUT2D eigenvalue weighted by atomic mass is 16.5. The van der Waals surface area contributed by atoms with Gasteiger partial charge in [-0.3, -0.25) is 9.59 Å². The fraction of sp³-hybridized carbons (Fsp3) is 0.296. The molecule has 0 saturated heterocycles. The number of hydrogen-bond donors (Lipinski definition) is 2. The molecule has 2 aliphatic rings. The number of anilines is 2. The molecule has 2 N–H and O–H groups in total. The molecule has 0 spiro atoms. The van der Waals surface area contributed by atoms with Crippen LogP contribution in [0.15, 0.2) is 60.3 Å². The highest BCUT2D eigenvalue weighted by Gasteiger charge is 2.42. The number of fused-ring (bicyclic) bond motifs is 2. The van der Waals surface area contributed by atoms with E-state index < -0.39 is 0 Å². The Morgan fingerprint density at radius 1 is 1.12 bits per heavy atom. The number of nitrogens with one attached hydrogen (secondary N) is 2. The Hall–Kier alpha value is -3.87. The number of nitrogens with zero attached hydrogens (tertiary/aromatic N) is 2. The standard InChI is InChI=1S/C27H28N4O3/c1-16-5-9-18(10-6-16)29-26(33)20-15-28-31-21-13-27(2,3)14-22(32)23(21)24(30-25(20)31)17-7-11-19(34-4)12-8-17/h5-12,15,24,30H,13-14H2,1-4H3,(H,29,33). The third kappa shape index (κ3) is 3.87. The maximum absolute atomic E-state index is 13.3. The number of ketones is 1. The molecule has 0 radical (unpaired) electrons. The monoisotopic (exact) mass is 456 g/mol. The Labute approximate surface area is 198 Å². The molecular formula is C27H28N4O3. The summed E-state index contributed by atoms with van der Waals surface area (Å²) < 4.78 is 7.04. The third-order valence-electron chi connectivity index (χ3n) is 6.49. The molecule has 1 unspecified atom stereocenters. The molecule has 1 aromatic heterocycles. The minimum Gasteiger partial charge on any atom is -0.497 e. The maximum atomic E-state index is 13.3. The Bertz CT molecular complexity index is 1300. The summed E-state index contributed by atoms with van der Waals surface area (Å²) in [6.45, 7) is 6.18. The molecule has 0 fully saturated rings. The molecule has 7 heteroatoms. The summed E-state index contributed by atoms with van der Waals surface area (Å²) in [7, 11) is 1.62. The Kier molecular flexibility index (Phi) is 5.27. The highest BCUT2D eigenvalue weighted by molar-refractivity contribution is 6.10. The molecule has 0 bridgehead atoms. The van der Waals surface area contributed by atoms with Gasteiger partial charge in [0.05, 0.1) is 25.0 Å². The molecule has 1 aliphatic carbocycles. The first-order valence-electron chi connectivity index (χ1n) is 11.4. The molecule has 2 aromatic carbocycles. The number of benzene rings is 2. The van der Waals surface area contributed by atoms with E-state index in [1.54, 1.807) is 18.0 Å². The van der Waals surface area contributed by atoms with Crippen LogP contribution in [0.5, 0.6) is 5.75 Å². The van der Waals surface area contributed by atoms with E-state index in [9.17, 15) is 9.59 Å². The quantitative estimate of drug-likeness (QED) is 0.562. The van der Waals surface area contributed by atoms with Crippen molar-refractivity contribution in [1.29, 1.82) is 0 Å². The first kappa shape index (κ1) is 21.9. The van der Waals surface area contributed by atoms with E-state index in [4.69, 9.17) is 4.74 Å². The van der Waals surface area contributed by atoms with Gasteiger partial charge in [0, 0.05) is 17.7 Å². The molecule has 3 aromatic rings. The van der Waals surface area contributed by atoms with Gasteiger partial charge in [0.15, 0.2) is 5.78 Å². The van der Waals surface area contributed by atoms with Crippen LogP contribution in [0.4, 0.5) is 11.5 Å². The van der Waals surface area contributed by atoms with E-state index in [2.05, 4.69) is 29.6 Å². The highest BCUT2D eigenvalue weighted by Crippen LogP contribution is 2.47. The van der Waals surface area contributed by atoms with E-state index >= 15 is 0 Å². The predicted octanol–water partition coefficient (Wildman–Crippen LogP) is 5.22. The molecular weight excluding hydrogens is 428 g/mol.